The first kappa shape index (κ1) is 16.9. The third-order valence-electron chi connectivity index (χ3n) is 5.37. The molecule has 2 aliphatic rings. The maximum atomic E-state index is 12.9. The van der Waals surface area contributed by atoms with E-state index in [0.29, 0.717) is 11.6 Å². The smallest absolute Gasteiger partial charge is 0.235 e. The zero-order chi connectivity index (χ0) is 18.6. The van der Waals surface area contributed by atoms with Crippen LogP contribution in [0.5, 0.6) is 5.75 Å². The lowest BCUT2D eigenvalue weighted by Crippen LogP contribution is -2.64. The van der Waals surface area contributed by atoms with E-state index in [-0.39, 0.29) is 23.5 Å². The molecule has 4 rings (SSSR count). The number of anilines is 1. The highest BCUT2D eigenvalue weighted by molar-refractivity contribution is 7.15. The number of guanidine groups is 1. The van der Waals surface area contributed by atoms with Crippen molar-refractivity contribution in [3.05, 3.63) is 35.2 Å². The van der Waals surface area contributed by atoms with Crippen molar-refractivity contribution >= 4 is 28.9 Å². The summed E-state index contributed by atoms with van der Waals surface area (Å²) in [5, 5.41) is 21.2. The molecule has 0 bridgehead atoms. The standard InChI is InChI=1S/C19H22N4O2S/c1-19(16(10-3-4-10)17(25)23(2)18(21)22-19)15-6-5-14(26-15)11-7-12(20)9-13(24)8-11/h5-10,16,24H,3-4,20H2,1-2H3,(H2,21,22)/t16-,19-/m1/s1. The fraction of sp³-hybridized carbons (Fsp3) is 0.368. The number of thiophene rings is 1. The Bertz CT molecular complexity index is 884. The molecule has 1 saturated heterocycles. The summed E-state index contributed by atoms with van der Waals surface area (Å²) in [4.78, 5) is 16.3. The van der Waals surface area contributed by atoms with Gasteiger partial charge in [0.1, 0.15) is 5.75 Å². The fourth-order valence-electron chi connectivity index (χ4n) is 3.84. The van der Waals surface area contributed by atoms with Gasteiger partial charge in [-0.15, -0.1) is 11.3 Å². The monoisotopic (exact) mass is 370 g/mol. The predicted octanol–water partition coefficient (Wildman–Crippen LogP) is 2.94. The second kappa shape index (κ2) is 5.74. The molecular weight excluding hydrogens is 348 g/mol. The molecule has 136 valence electrons. The van der Waals surface area contributed by atoms with Crippen LogP contribution in [-0.2, 0) is 10.3 Å². The number of nitrogens with zero attached hydrogens (tertiary/aromatic N) is 1. The summed E-state index contributed by atoms with van der Waals surface area (Å²) >= 11 is 1.57. The number of benzene rings is 1. The molecule has 1 aromatic carbocycles. The average Bonchev–Trinajstić information content (AvgIpc) is 3.25. The minimum absolute atomic E-state index is 0.00954. The summed E-state index contributed by atoms with van der Waals surface area (Å²) in [6.07, 6.45) is 2.10. The Kier molecular flexibility index (Phi) is 3.73. The minimum Gasteiger partial charge on any atom is -0.508 e. The van der Waals surface area contributed by atoms with E-state index in [4.69, 9.17) is 11.1 Å². The number of carbonyl (C=O) groups excluding carboxylic acids is 1. The largest absolute Gasteiger partial charge is 0.508 e. The molecule has 2 heterocycles. The molecule has 5 N–H and O–H groups in total. The van der Waals surface area contributed by atoms with Crippen LogP contribution in [0, 0.1) is 17.2 Å². The summed E-state index contributed by atoms with van der Waals surface area (Å²) in [6.45, 7) is 2.02. The molecule has 1 aromatic heterocycles. The molecule has 1 aliphatic heterocycles. The van der Waals surface area contributed by atoms with Gasteiger partial charge < -0.3 is 16.2 Å². The third kappa shape index (κ3) is 2.63. The highest BCUT2D eigenvalue weighted by Gasteiger charge is 2.54. The van der Waals surface area contributed by atoms with E-state index in [1.807, 2.05) is 25.1 Å². The molecule has 2 fully saturated rings. The molecular formula is C19H22N4O2S. The van der Waals surface area contributed by atoms with E-state index in [9.17, 15) is 9.90 Å². The van der Waals surface area contributed by atoms with Crippen molar-refractivity contribution in [2.45, 2.75) is 25.3 Å². The van der Waals surface area contributed by atoms with Gasteiger partial charge in [-0.3, -0.25) is 15.1 Å². The van der Waals surface area contributed by atoms with Gasteiger partial charge in [0, 0.05) is 28.6 Å². The number of rotatable bonds is 3. The highest BCUT2D eigenvalue weighted by Crippen LogP contribution is 2.50. The first-order chi connectivity index (χ1) is 12.3. The molecule has 0 unspecified atom stereocenters. The Labute approximate surface area is 156 Å². The molecule has 1 amide bonds. The van der Waals surface area contributed by atoms with Gasteiger partial charge in [-0.05, 0) is 55.5 Å². The quantitative estimate of drug-likeness (QED) is 0.624. The molecule has 0 radical (unpaired) electrons. The normalized spacial score (nSPS) is 26.1. The number of carbonyl (C=O) groups is 1. The van der Waals surface area contributed by atoms with Gasteiger partial charge in [0.25, 0.3) is 0 Å². The van der Waals surface area contributed by atoms with Gasteiger partial charge in [-0.2, -0.15) is 0 Å². The first-order valence-corrected chi connectivity index (χ1v) is 9.46. The number of hydrogen-bond acceptors (Lipinski definition) is 5. The second-order valence-corrected chi connectivity index (χ2v) is 8.45. The van der Waals surface area contributed by atoms with E-state index < -0.39 is 5.54 Å². The lowest BCUT2D eigenvalue weighted by molar-refractivity contribution is -0.136. The molecule has 7 heteroatoms. The van der Waals surface area contributed by atoms with Gasteiger partial charge in [0.05, 0.1) is 11.5 Å². The summed E-state index contributed by atoms with van der Waals surface area (Å²) in [5.74, 6) is 0.451. The van der Waals surface area contributed by atoms with Crippen molar-refractivity contribution in [1.82, 2.24) is 10.2 Å². The number of aromatic hydroxyl groups is 1. The predicted molar refractivity (Wildman–Crippen MR) is 103 cm³/mol. The molecule has 2 atom stereocenters. The lowest BCUT2D eigenvalue weighted by atomic mass is 9.78. The maximum absolute atomic E-state index is 12.9. The van der Waals surface area contributed by atoms with Crippen molar-refractivity contribution in [3.63, 3.8) is 0 Å². The van der Waals surface area contributed by atoms with Crippen molar-refractivity contribution in [3.8, 4) is 16.2 Å². The number of phenolic OH excluding ortho intramolecular Hbond substituents is 1. The van der Waals surface area contributed by atoms with Crippen molar-refractivity contribution in [2.75, 3.05) is 12.8 Å². The number of amides is 1. The number of nitrogen functional groups attached to an aromatic ring is 1. The van der Waals surface area contributed by atoms with Gasteiger partial charge in [0.15, 0.2) is 5.96 Å². The molecule has 1 aliphatic carbocycles. The molecule has 26 heavy (non-hydrogen) atoms. The number of nitrogens with one attached hydrogen (secondary N) is 2. The zero-order valence-electron chi connectivity index (χ0n) is 14.7. The first-order valence-electron chi connectivity index (χ1n) is 8.64. The number of hydrogen-bond donors (Lipinski definition) is 4. The van der Waals surface area contributed by atoms with Crippen LogP contribution < -0.4 is 11.1 Å². The Balaban J connectivity index is 1.75. The van der Waals surface area contributed by atoms with Crippen LogP contribution in [0.1, 0.15) is 24.6 Å². The summed E-state index contributed by atoms with van der Waals surface area (Å²) in [7, 11) is 1.65. The van der Waals surface area contributed by atoms with Crippen LogP contribution in [0.15, 0.2) is 30.3 Å². The maximum Gasteiger partial charge on any atom is 0.235 e. The Morgan fingerprint density at radius 2 is 2.08 bits per heavy atom. The van der Waals surface area contributed by atoms with Crippen LogP contribution in [0.25, 0.3) is 10.4 Å². The summed E-state index contributed by atoms with van der Waals surface area (Å²) in [5.41, 5.74) is 6.60. The molecule has 2 aromatic rings. The number of nitrogens with two attached hydrogens (primary N) is 1. The lowest BCUT2D eigenvalue weighted by Gasteiger charge is -2.45. The van der Waals surface area contributed by atoms with Crippen LogP contribution in [-0.4, -0.2) is 28.9 Å². The van der Waals surface area contributed by atoms with Crippen molar-refractivity contribution in [1.29, 1.82) is 5.41 Å². The fourth-order valence-corrected chi connectivity index (χ4v) is 4.97. The van der Waals surface area contributed by atoms with E-state index in [2.05, 4.69) is 5.32 Å². The van der Waals surface area contributed by atoms with E-state index in [1.165, 1.54) is 11.0 Å². The van der Waals surface area contributed by atoms with Crippen LogP contribution >= 0.6 is 11.3 Å². The summed E-state index contributed by atoms with van der Waals surface area (Å²) < 4.78 is 0. The average molecular weight is 370 g/mol. The Morgan fingerprint density at radius 3 is 2.73 bits per heavy atom. The Hall–Kier alpha value is -2.54. The Morgan fingerprint density at radius 1 is 1.35 bits per heavy atom. The van der Waals surface area contributed by atoms with Gasteiger partial charge in [-0.25, -0.2) is 0 Å². The van der Waals surface area contributed by atoms with Crippen LogP contribution in [0.2, 0.25) is 0 Å². The van der Waals surface area contributed by atoms with Gasteiger partial charge >= 0.3 is 0 Å². The van der Waals surface area contributed by atoms with E-state index in [1.54, 1.807) is 24.5 Å². The molecule has 1 saturated carbocycles. The third-order valence-corrected chi connectivity index (χ3v) is 6.74. The van der Waals surface area contributed by atoms with E-state index >= 15 is 0 Å². The van der Waals surface area contributed by atoms with Crippen molar-refractivity contribution < 1.29 is 9.90 Å². The van der Waals surface area contributed by atoms with Crippen LogP contribution in [0.4, 0.5) is 5.69 Å². The van der Waals surface area contributed by atoms with Crippen LogP contribution in [0.3, 0.4) is 0 Å². The van der Waals surface area contributed by atoms with Gasteiger partial charge in [-0.1, -0.05) is 0 Å². The van der Waals surface area contributed by atoms with E-state index in [0.717, 1.165) is 28.2 Å². The summed E-state index contributed by atoms with van der Waals surface area (Å²) in [6, 6.07) is 9.01. The highest BCUT2D eigenvalue weighted by atomic mass is 32.1. The SMILES string of the molecule is CN1C(=N)N[C@](C)(c2ccc(-c3cc(N)cc(O)c3)s2)[C@H](C2CC2)C1=O. The minimum atomic E-state index is -0.604. The topological polar surface area (TPSA) is 102 Å². The van der Waals surface area contributed by atoms with Gasteiger partial charge in [0.2, 0.25) is 5.91 Å². The molecule has 6 nitrogen and oxygen atoms in total. The van der Waals surface area contributed by atoms with Crippen molar-refractivity contribution in [2.24, 2.45) is 11.8 Å². The molecule has 0 spiro atoms. The number of phenols is 1. The second-order valence-electron chi connectivity index (χ2n) is 7.37. The zero-order valence-corrected chi connectivity index (χ0v) is 15.6.